The van der Waals surface area contributed by atoms with Crippen LogP contribution in [-0.4, -0.2) is 58.7 Å². The number of halogens is 1. The number of nitrogens with one attached hydrogen (secondary N) is 1. The summed E-state index contributed by atoms with van der Waals surface area (Å²) in [4.78, 5) is 16.7. The molecule has 0 bridgehead atoms. The van der Waals surface area contributed by atoms with Crippen LogP contribution < -0.4 is 5.32 Å². The Hall–Kier alpha value is -2.84. The molecule has 2 heterocycles. The molecule has 1 aliphatic heterocycles. The van der Waals surface area contributed by atoms with Crippen molar-refractivity contribution in [2.45, 2.75) is 6.54 Å². The number of hydrogen-bond donors (Lipinski definition) is 1. The first kappa shape index (κ1) is 17.6. The van der Waals surface area contributed by atoms with Crippen molar-refractivity contribution < 1.29 is 13.8 Å². The third-order valence-electron chi connectivity index (χ3n) is 4.74. The van der Waals surface area contributed by atoms with Crippen molar-refractivity contribution in [2.24, 2.45) is 0 Å². The molecule has 3 aromatic rings. The molecule has 0 radical (unpaired) electrons. The smallest absolute Gasteiger partial charge is 0.238 e. The number of nitrogens with zero attached hydrogens (tertiary/aromatic N) is 4. The second kappa shape index (κ2) is 7.81. The van der Waals surface area contributed by atoms with E-state index >= 15 is 0 Å². The fraction of sp³-hybridized carbons (Fsp3) is 0.316. The lowest BCUT2D eigenvalue weighted by molar-refractivity contribution is -0.117. The summed E-state index contributed by atoms with van der Waals surface area (Å²) in [6, 6.07) is 12.2. The van der Waals surface area contributed by atoms with Crippen LogP contribution in [0.4, 0.5) is 10.1 Å². The Labute approximate surface area is 155 Å². The van der Waals surface area contributed by atoms with E-state index in [-0.39, 0.29) is 11.7 Å². The zero-order valence-electron chi connectivity index (χ0n) is 14.8. The van der Waals surface area contributed by atoms with Gasteiger partial charge in [0.25, 0.3) is 0 Å². The van der Waals surface area contributed by atoms with Crippen LogP contribution in [0.5, 0.6) is 0 Å². The van der Waals surface area contributed by atoms with E-state index in [0.717, 1.165) is 26.2 Å². The molecule has 27 heavy (non-hydrogen) atoms. The summed E-state index contributed by atoms with van der Waals surface area (Å²) in [6.45, 7) is 4.01. The van der Waals surface area contributed by atoms with E-state index in [4.69, 9.17) is 4.63 Å². The summed E-state index contributed by atoms with van der Waals surface area (Å²) in [7, 11) is 0. The Morgan fingerprint density at radius 3 is 2.63 bits per heavy atom. The Morgan fingerprint density at radius 1 is 1.04 bits per heavy atom. The van der Waals surface area contributed by atoms with Crippen molar-refractivity contribution >= 4 is 22.6 Å². The molecule has 8 heteroatoms. The first-order valence-corrected chi connectivity index (χ1v) is 8.88. The van der Waals surface area contributed by atoms with Gasteiger partial charge in [0, 0.05) is 38.3 Å². The Bertz CT molecular complexity index is 937. The molecule has 1 N–H and O–H groups in total. The number of anilines is 1. The van der Waals surface area contributed by atoms with Gasteiger partial charge in [-0.2, -0.15) is 0 Å². The number of aromatic nitrogens is 2. The fourth-order valence-electron chi connectivity index (χ4n) is 3.27. The molecule has 1 saturated heterocycles. The van der Waals surface area contributed by atoms with Gasteiger partial charge in [0.1, 0.15) is 11.3 Å². The molecule has 7 nitrogen and oxygen atoms in total. The average molecular weight is 369 g/mol. The lowest BCUT2D eigenvalue weighted by Gasteiger charge is -2.34. The van der Waals surface area contributed by atoms with Crippen molar-refractivity contribution in [3.63, 3.8) is 0 Å². The van der Waals surface area contributed by atoms with Crippen molar-refractivity contribution in [1.82, 2.24) is 20.1 Å². The zero-order valence-corrected chi connectivity index (χ0v) is 14.8. The molecular weight excluding hydrogens is 349 g/mol. The third-order valence-corrected chi connectivity index (χ3v) is 4.74. The first-order valence-electron chi connectivity index (χ1n) is 8.88. The maximum absolute atomic E-state index is 13.8. The van der Waals surface area contributed by atoms with Gasteiger partial charge >= 0.3 is 0 Å². The van der Waals surface area contributed by atoms with Crippen molar-refractivity contribution in [2.75, 3.05) is 38.0 Å². The van der Waals surface area contributed by atoms with Gasteiger partial charge in [-0.25, -0.2) is 9.02 Å². The molecule has 1 amide bonds. The first-order chi connectivity index (χ1) is 13.2. The van der Waals surface area contributed by atoms with E-state index in [0.29, 0.717) is 35.4 Å². The Balaban J connectivity index is 1.28. The topological polar surface area (TPSA) is 74.5 Å². The van der Waals surface area contributed by atoms with Crippen LogP contribution in [0.2, 0.25) is 0 Å². The van der Waals surface area contributed by atoms with Gasteiger partial charge in [0.05, 0.1) is 12.2 Å². The van der Waals surface area contributed by atoms with E-state index in [2.05, 4.69) is 25.4 Å². The summed E-state index contributed by atoms with van der Waals surface area (Å²) >= 11 is 0. The number of carbonyl (C=O) groups is 1. The molecule has 1 aliphatic rings. The van der Waals surface area contributed by atoms with Gasteiger partial charge in [-0.3, -0.25) is 14.6 Å². The Morgan fingerprint density at radius 2 is 1.81 bits per heavy atom. The van der Waals surface area contributed by atoms with E-state index in [9.17, 15) is 9.18 Å². The molecule has 2 aromatic carbocycles. The third kappa shape index (κ3) is 4.12. The summed E-state index contributed by atoms with van der Waals surface area (Å²) in [5, 5.41) is 10.5. The number of fused-ring (bicyclic) bond motifs is 1. The van der Waals surface area contributed by atoms with Gasteiger partial charge in [0.15, 0.2) is 5.52 Å². The zero-order chi connectivity index (χ0) is 18.6. The minimum atomic E-state index is -0.171. The molecule has 0 saturated carbocycles. The molecule has 0 unspecified atom stereocenters. The van der Waals surface area contributed by atoms with Gasteiger partial charge in [0.2, 0.25) is 5.91 Å². The highest BCUT2D eigenvalue weighted by Crippen LogP contribution is 2.19. The van der Waals surface area contributed by atoms with Crippen LogP contribution in [0, 0.1) is 5.82 Å². The molecule has 1 aromatic heterocycles. The van der Waals surface area contributed by atoms with Crippen LogP contribution in [-0.2, 0) is 11.3 Å². The predicted octanol–water partition coefficient (Wildman–Crippen LogP) is 2.12. The van der Waals surface area contributed by atoms with E-state index < -0.39 is 0 Å². The highest BCUT2D eigenvalue weighted by Gasteiger charge is 2.20. The van der Waals surface area contributed by atoms with E-state index in [1.54, 1.807) is 24.3 Å². The highest BCUT2D eigenvalue weighted by molar-refractivity contribution is 5.99. The number of rotatable bonds is 5. The predicted molar refractivity (Wildman–Crippen MR) is 98.6 cm³/mol. The molecule has 0 aliphatic carbocycles. The summed E-state index contributed by atoms with van der Waals surface area (Å²) < 4.78 is 18.5. The lowest BCUT2D eigenvalue weighted by Crippen LogP contribution is -2.48. The number of carbonyl (C=O) groups excluding carboxylic acids is 1. The number of amides is 1. The monoisotopic (exact) mass is 369 g/mol. The van der Waals surface area contributed by atoms with E-state index in [1.807, 2.05) is 12.1 Å². The lowest BCUT2D eigenvalue weighted by atomic mass is 10.2. The molecule has 0 atom stereocenters. The second-order valence-electron chi connectivity index (χ2n) is 6.63. The Kier molecular flexibility index (Phi) is 5.08. The van der Waals surface area contributed by atoms with Gasteiger partial charge < -0.3 is 5.32 Å². The summed E-state index contributed by atoms with van der Waals surface area (Å²) in [5.41, 5.74) is 2.45. The van der Waals surface area contributed by atoms with Crippen LogP contribution in [0.25, 0.3) is 11.0 Å². The quantitative estimate of drug-likeness (QED) is 0.743. The van der Waals surface area contributed by atoms with Crippen LogP contribution >= 0.6 is 0 Å². The van der Waals surface area contributed by atoms with Crippen LogP contribution in [0.3, 0.4) is 0 Å². The van der Waals surface area contributed by atoms with Gasteiger partial charge in [-0.15, -0.1) is 0 Å². The summed E-state index contributed by atoms with van der Waals surface area (Å²) in [6.07, 6.45) is 0. The summed E-state index contributed by atoms with van der Waals surface area (Å²) in [5.74, 6) is -0.274. The minimum absolute atomic E-state index is 0.104. The molecule has 1 fully saturated rings. The van der Waals surface area contributed by atoms with Crippen molar-refractivity contribution in [3.05, 3.63) is 53.8 Å². The normalized spacial score (nSPS) is 15.9. The highest BCUT2D eigenvalue weighted by atomic mass is 19.1. The molecule has 0 spiro atoms. The molecule has 4 rings (SSSR count). The van der Waals surface area contributed by atoms with Gasteiger partial charge in [-0.05, 0) is 28.5 Å². The average Bonchev–Trinajstić information content (AvgIpc) is 3.15. The number of piperazine rings is 1. The van der Waals surface area contributed by atoms with Crippen LogP contribution in [0.1, 0.15) is 5.56 Å². The molecule has 140 valence electrons. The number of hydrogen-bond acceptors (Lipinski definition) is 6. The maximum Gasteiger partial charge on any atom is 0.238 e. The van der Waals surface area contributed by atoms with Crippen molar-refractivity contribution in [3.8, 4) is 0 Å². The van der Waals surface area contributed by atoms with Crippen molar-refractivity contribution in [1.29, 1.82) is 0 Å². The van der Waals surface area contributed by atoms with E-state index in [1.165, 1.54) is 6.07 Å². The largest absolute Gasteiger partial charge is 0.323 e. The maximum atomic E-state index is 13.8. The standard InChI is InChI=1S/C19H20FN5O2/c20-15-5-2-1-4-14(15)12-24-8-10-25(11-9-24)13-18(26)21-16-6-3-7-17-19(16)23-27-22-17/h1-7H,8-13H2,(H,21,26). The van der Waals surface area contributed by atoms with Crippen LogP contribution in [0.15, 0.2) is 47.1 Å². The minimum Gasteiger partial charge on any atom is -0.323 e. The van der Waals surface area contributed by atoms with Gasteiger partial charge in [-0.1, -0.05) is 24.3 Å². The number of benzene rings is 2. The fourth-order valence-corrected chi connectivity index (χ4v) is 3.27. The second-order valence-corrected chi connectivity index (χ2v) is 6.63. The molecular formula is C19H20FN5O2. The SMILES string of the molecule is O=C(CN1CCN(Cc2ccccc2F)CC1)Nc1cccc2nonc12.